The second-order valence-corrected chi connectivity index (χ2v) is 8.59. The maximum atomic E-state index is 12.0. The fourth-order valence-electron chi connectivity index (χ4n) is 4.65. The largest absolute Gasteiger partial charge is 0.394 e. The van der Waals surface area contributed by atoms with Gasteiger partial charge in [-0.05, 0) is 37.5 Å². The summed E-state index contributed by atoms with van der Waals surface area (Å²) in [5.41, 5.74) is -2.08. The number of allylic oxidation sites excluding steroid dienone is 2. The summed E-state index contributed by atoms with van der Waals surface area (Å²) < 4.78 is 14.3. The van der Waals surface area contributed by atoms with E-state index in [9.17, 15) is 29.4 Å². The SMILES string of the molecule is O=c1ccn([C@H]2C[C@H](C/C=C\C[C@H]3C[C@H](n4ccc(=O)[nH]c4=O)O[C@@H]3CO)[C@@H](CO)O2)c(=O)[nH]1. The minimum absolute atomic E-state index is 0.0222. The normalized spacial score (nSPS) is 29.2. The van der Waals surface area contributed by atoms with Gasteiger partial charge in [0.05, 0.1) is 25.4 Å². The van der Waals surface area contributed by atoms with E-state index in [1.165, 1.54) is 33.7 Å². The predicted molar refractivity (Wildman–Crippen MR) is 119 cm³/mol. The number of ether oxygens (including phenoxy) is 2. The molecule has 6 atom stereocenters. The molecule has 0 unspecified atom stereocenters. The Labute approximate surface area is 193 Å². The Morgan fingerprint density at radius 1 is 0.794 bits per heavy atom. The number of aromatic nitrogens is 4. The number of hydrogen-bond donors (Lipinski definition) is 4. The molecule has 0 aromatic carbocycles. The first-order valence-corrected chi connectivity index (χ1v) is 11.2. The Bertz CT molecular complexity index is 1150. The van der Waals surface area contributed by atoms with Gasteiger partial charge in [0.2, 0.25) is 0 Å². The molecule has 4 rings (SSSR count). The van der Waals surface area contributed by atoms with Gasteiger partial charge in [-0.2, -0.15) is 0 Å². The smallest absolute Gasteiger partial charge is 0.330 e. The highest BCUT2D eigenvalue weighted by atomic mass is 16.5. The van der Waals surface area contributed by atoms with Gasteiger partial charge in [0, 0.05) is 24.5 Å². The van der Waals surface area contributed by atoms with E-state index in [-0.39, 0.29) is 25.0 Å². The molecule has 184 valence electrons. The lowest BCUT2D eigenvalue weighted by Gasteiger charge is -2.15. The number of nitrogens with zero attached hydrogens (tertiary/aromatic N) is 2. The molecule has 0 saturated carbocycles. The molecule has 12 heteroatoms. The second kappa shape index (κ2) is 10.5. The van der Waals surface area contributed by atoms with Gasteiger partial charge in [-0.25, -0.2) is 9.59 Å². The molecule has 2 saturated heterocycles. The van der Waals surface area contributed by atoms with E-state index >= 15 is 0 Å². The van der Waals surface area contributed by atoms with Gasteiger partial charge in [0.15, 0.2) is 0 Å². The van der Waals surface area contributed by atoms with Crippen molar-refractivity contribution in [3.63, 3.8) is 0 Å². The molecule has 0 spiro atoms. The Kier molecular flexibility index (Phi) is 7.41. The van der Waals surface area contributed by atoms with E-state index in [1.54, 1.807) is 0 Å². The molecule has 4 N–H and O–H groups in total. The molecule has 2 aromatic heterocycles. The van der Waals surface area contributed by atoms with Crippen molar-refractivity contribution in [2.75, 3.05) is 13.2 Å². The van der Waals surface area contributed by atoms with Crippen molar-refractivity contribution in [3.05, 3.63) is 78.4 Å². The van der Waals surface area contributed by atoms with Crippen LogP contribution in [0.1, 0.15) is 38.1 Å². The Balaban J connectivity index is 1.35. The Morgan fingerprint density at radius 3 is 1.56 bits per heavy atom. The molecular formula is C22H28N4O8. The van der Waals surface area contributed by atoms with E-state index in [1.807, 2.05) is 12.2 Å². The Hall–Kier alpha value is -3.06. The zero-order valence-electron chi connectivity index (χ0n) is 18.4. The highest BCUT2D eigenvalue weighted by molar-refractivity contribution is 4.95. The molecule has 12 nitrogen and oxygen atoms in total. The molecule has 0 bridgehead atoms. The van der Waals surface area contributed by atoms with Crippen LogP contribution in [0.3, 0.4) is 0 Å². The third-order valence-corrected chi connectivity index (χ3v) is 6.45. The van der Waals surface area contributed by atoms with E-state index in [2.05, 4.69) is 9.97 Å². The lowest BCUT2D eigenvalue weighted by atomic mass is 9.94. The second-order valence-electron chi connectivity index (χ2n) is 8.59. The summed E-state index contributed by atoms with van der Waals surface area (Å²) in [6, 6.07) is 2.50. The van der Waals surface area contributed by atoms with Crippen LogP contribution in [0.5, 0.6) is 0 Å². The van der Waals surface area contributed by atoms with Crippen LogP contribution in [0.25, 0.3) is 0 Å². The molecule has 0 amide bonds. The standard InChI is InChI=1S/C22H28N4O8/c27-11-15-13(9-19(33-15)25-7-5-17(29)23-21(25)31)3-1-2-4-14-10-20(34-16(14)12-28)26-8-6-18(30)24-22(26)32/h1-2,5-8,13-16,19-20,27-28H,3-4,9-12H2,(H,23,29,31)(H,24,30,32)/b2-1-/t13-,14-,15+,16+,19+,20+/m0/s1. The van der Waals surface area contributed by atoms with E-state index in [4.69, 9.17) is 9.47 Å². The summed E-state index contributed by atoms with van der Waals surface area (Å²) in [5.74, 6) is -0.0444. The van der Waals surface area contributed by atoms with Crippen LogP contribution in [-0.2, 0) is 9.47 Å². The first kappa shape index (κ1) is 24.1. The monoisotopic (exact) mass is 476 g/mol. The fraction of sp³-hybridized carbons (Fsp3) is 0.545. The lowest BCUT2D eigenvalue weighted by Crippen LogP contribution is -2.31. The number of aliphatic hydroxyl groups excluding tert-OH is 2. The number of nitrogens with one attached hydrogen (secondary N) is 2. The van der Waals surface area contributed by atoms with Crippen LogP contribution in [0, 0.1) is 11.8 Å². The van der Waals surface area contributed by atoms with Crippen LogP contribution >= 0.6 is 0 Å². The van der Waals surface area contributed by atoms with E-state index in [0.717, 1.165) is 0 Å². The molecule has 2 aliphatic heterocycles. The van der Waals surface area contributed by atoms with Crippen LogP contribution in [0.2, 0.25) is 0 Å². The zero-order chi connectivity index (χ0) is 24.2. The minimum atomic E-state index is -0.571. The number of hydrogen-bond acceptors (Lipinski definition) is 8. The summed E-state index contributed by atoms with van der Waals surface area (Å²) in [6.45, 7) is -0.377. The molecule has 2 aliphatic rings. The van der Waals surface area contributed by atoms with Gasteiger partial charge >= 0.3 is 11.4 Å². The van der Waals surface area contributed by atoms with Crippen molar-refractivity contribution < 1.29 is 19.7 Å². The van der Waals surface area contributed by atoms with Gasteiger partial charge in [0.1, 0.15) is 12.5 Å². The molecule has 4 heterocycles. The van der Waals surface area contributed by atoms with Gasteiger partial charge in [-0.15, -0.1) is 0 Å². The summed E-state index contributed by atoms with van der Waals surface area (Å²) in [6.07, 6.45) is 6.93. The predicted octanol–water partition coefficient (Wildman–Crippen LogP) is -0.785. The molecule has 34 heavy (non-hydrogen) atoms. The van der Waals surface area contributed by atoms with Gasteiger partial charge in [-0.1, -0.05) is 12.2 Å². The van der Waals surface area contributed by atoms with E-state index < -0.39 is 47.2 Å². The highest BCUT2D eigenvalue weighted by Gasteiger charge is 2.37. The maximum Gasteiger partial charge on any atom is 0.330 e. The molecular weight excluding hydrogens is 448 g/mol. The highest BCUT2D eigenvalue weighted by Crippen LogP contribution is 2.36. The van der Waals surface area contributed by atoms with Gasteiger partial charge in [0.25, 0.3) is 11.1 Å². The number of aromatic amines is 2. The average molecular weight is 476 g/mol. The fourth-order valence-corrected chi connectivity index (χ4v) is 4.65. The summed E-state index contributed by atoms with van der Waals surface area (Å²) in [4.78, 5) is 51.1. The van der Waals surface area contributed by atoms with Crippen molar-refractivity contribution in [1.82, 2.24) is 19.1 Å². The third-order valence-electron chi connectivity index (χ3n) is 6.45. The first-order valence-electron chi connectivity index (χ1n) is 11.2. The molecule has 2 fully saturated rings. The molecule has 2 aromatic rings. The number of aliphatic hydroxyl groups is 2. The molecule has 0 aliphatic carbocycles. The van der Waals surface area contributed by atoms with E-state index in [0.29, 0.717) is 25.7 Å². The quantitative estimate of drug-likeness (QED) is 0.360. The third kappa shape index (κ3) is 5.20. The Morgan fingerprint density at radius 2 is 1.21 bits per heavy atom. The lowest BCUT2D eigenvalue weighted by molar-refractivity contribution is -0.0326. The molecule has 0 radical (unpaired) electrons. The average Bonchev–Trinajstić information content (AvgIpc) is 3.40. The minimum Gasteiger partial charge on any atom is -0.394 e. The number of rotatable bonds is 8. The van der Waals surface area contributed by atoms with Crippen LogP contribution < -0.4 is 22.5 Å². The zero-order valence-corrected chi connectivity index (χ0v) is 18.4. The summed E-state index contributed by atoms with van der Waals surface area (Å²) in [5, 5.41) is 19.4. The van der Waals surface area contributed by atoms with Crippen molar-refractivity contribution >= 4 is 0 Å². The van der Waals surface area contributed by atoms with Crippen molar-refractivity contribution in [1.29, 1.82) is 0 Å². The van der Waals surface area contributed by atoms with Crippen LogP contribution in [-0.4, -0.2) is 54.7 Å². The number of H-pyrrole nitrogens is 2. The van der Waals surface area contributed by atoms with Gasteiger partial charge < -0.3 is 19.7 Å². The van der Waals surface area contributed by atoms with Crippen molar-refractivity contribution in [3.8, 4) is 0 Å². The van der Waals surface area contributed by atoms with Crippen molar-refractivity contribution in [2.45, 2.75) is 50.3 Å². The van der Waals surface area contributed by atoms with Crippen LogP contribution in [0.4, 0.5) is 0 Å². The van der Waals surface area contributed by atoms with Crippen molar-refractivity contribution in [2.24, 2.45) is 11.8 Å². The summed E-state index contributed by atoms with van der Waals surface area (Å²) in [7, 11) is 0. The first-order chi connectivity index (χ1) is 16.4. The topological polar surface area (TPSA) is 169 Å². The van der Waals surface area contributed by atoms with Gasteiger partial charge in [-0.3, -0.25) is 28.7 Å². The van der Waals surface area contributed by atoms with Crippen LogP contribution in [0.15, 0.2) is 55.9 Å². The maximum absolute atomic E-state index is 12.0. The summed E-state index contributed by atoms with van der Waals surface area (Å²) >= 11 is 0.